The summed E-state index contributed by atoms with van der Waals surface area (Å²) in [7, 11) is 1.41. The zero-order valence-electron chi connectivity index (χ0n) is 20.2. The summed E-state index contributed by atoms with van der Waals surface area (Å²) in [5, 5.41) is 0. The first-order valence-electron chi connectivity index (χ1n) is 11.2. The van der Waals surface area contributed by atoms with Crippen molar-refractivity contribution in [2.45, 2.75) is 65.9 Å². The molecule has 0 spiro atoms. The van der Waals surface area contributed by atoms with Crippen LogP contribution in [0.25, 0.3) is 0 Å². The topological polar surface area (TPSA) is 91.8 Å². The third kappa shape index (κ3) is 6.88. The summed E-state index contributed by atoms with van der Waals surface area (Å²) in [6.07, 6.45) is 1.70. The van der Waals surface area contributed by atoms with Crippen molar-refractivity contribution >= 4 is 17.7 Å². The summed E-state index contributed by atoms with van der Waals surface area (Å²) in [6.45, 7) is 9.36. The second kappa shape index (κ2) is 12.1. The van der Waals surface area contributed by atoms with Crippen molar-refractivity contribution in [3.05, 3.63) is 53.3 Å². The van der Waals surface area contributed by atoms with E-state index in [1.807, 2.05) is 52.0 Å². The molecule has 0 saturated carbocycles. The fourth-order valence-electron chi connectivity index (χ4n) is 3.47. The summed E-state index contributed by atoms with van der Waals surface area (Å²) in [5.74, 6) is -1.87. The molecule has 2 rings (SSSR count). The van der Waals surface area contributed by atoms with Crippen molar-refractivity contribution in [3.63, 3.8) is 0 Å². The van der Waals surface area contributed by atoms with Gasteiger partial charge in [-0.3, -0.25) is 14.4 Å². The van der Waals surface area contributed by atoms with Gasteiger partial charge >= 0.3 is 11.9 Å². The van der Waals surface area contributed by atoms with Gasteiger partial charge in [0.1, 0.15) is 6.10 Å². The molecule has 0 radical (unpaired) electrons. The Labute approximate surface area is 195 Å². The van der Waals surface area contributed by atoms with Gasteiger partial charge in [0, 0.05) is 31.0 Å². The van der Waals surface area contributed by atoms with Gasteiger partial charge in [-0.2, -0.15) is 0 Å². The maximum Gasteiger partial charge on any atom is 0.311 e. The van der Waals surface area contributed by atoms with E-state index < -0.39 is 23.6 Å². The van der Waals surface area contributed by atoms with Crippen molar-refractivity contribution in [1.82, 2.24) is 4.98 Å². The molecule has 0 fully saturated rings. The normalized spacial score (nSPS) is 13.5. The molecule has 33 heavy (non-hydrogen) atoms. The SMILES string of the molecule is CCCC(=O)Oc1c(OC)ccnc1C(=O)C[C@@H](C)C(=O)O[C@@H](C)[C@@H](C)c1ccccc1C. The lowest BCUT2D eigenvalue weighted by Crippen LogP contribution is -2.26. The van der Waals surface area contributed by atoms with E-state index in [0.29, 0.717) is 6.42 Å². The molecule has 0 bridgehead atoms. The molecule has 0 aliphatic heterocycles. The molecule has 3 atom stereocenters. The number of esters is 2. The summed E-state index contributed by atoms with van der Waals surface area (Å²) in [5.41, 5.74) is 2.20. The van der Waals surface area contributed by atoms with Crippen LogP contribution in [-0.2, 0) is 14.3 Å². The number of hydrogen-bond acceptors (Lipinski definition) is 7. The number of carbonyl (C=O) groups is 3. The summed E-state index contributed by atoms with van der Waals surface area (Å²) in [6, 6.07) is 9.48. The van der Waals surface area contributed by atoms with Gasteiger partial charge in [-0.25, -0.2) is 4.98 Å². The van der Waals surface area contributed by atoms with Crippen LogP contribution in [0.1, 0.15) is 74.5 Å². The van der Waals surface area contributed by atoms with Gasteiger partial charge in [-0.1, -0.05) is 45.0 Å². The molecule has 0 unspecified atom stereocenters. The number of ether oxygens (including phenoxy) is 3. The fourth-order valence-corrected chi connectivity index (χ4v) is 3.47. The van der Waals surface area contributed by atoms with E-state index in [4.69, 9.17) is 14.2 Å². The molecule has 0 amide bonds. The number of ketones is 1. The van der Waals surface area contributed by atoms with Crippen LogP contribution in [-0.4, -0.2) is 35.9 Å². The Morgan fingerprint density at radius 2 is 1.76 bits per heavy atom. The van der Waals surface area contributed by atoms with Gasteiger partial charge in [0.15, 0.2) is 17.2 Å². The molecule has 178 valence electrons. The van der Waals surface area contributed by atoms with E-state index in [-0.39, 0.29) is 42.1 Å². The number of carbonyl (C=O) groups excluding carboxylic acids is 3. The van der Waals surface area contributed by atoms with Crippen LogP contribution in [0.2, 0.25) is 0 Å². The fraction of sp³-hybridized carbons (Fsp3) is 0.462. The second-order valence-electron chi connectivity index (χ2n) is 8.23. The third-order valence-electron chi connectivity index (χ3n) is 5.60. The standard InChI is InChI=1S/C26H33NO6/c1-7-10-23(29)33-25-22(31-6)13-14-27-24(25)21(28)15-17(3)26(30)32-19(5)18(4)20-12-9-8-11-16(20)2/h8-9,11-14,17-19H,7,10,15H2,1-6H3/t17-,18-,19+/m1/s1. The van der Waals surface area contributed by atoms with E-state index in [1.165, 1.54) is 19.4 Å². The summed E-state index contributed by atoms with van der Waals surface area (Å²) >= 11 is 0. The third-order valence-corrected chi connectivity index (χ3v) is 5.60. The zero-order valence-corrected chi connectivity index (χ0v) is 20.2. The predicted octanol–water partition coefficient (Wildman–Crippen LogP) is 5.05. The molecule has 0 saturated heterocycles. The number of nitrogens with zero attached hydrogens (tertiary/aromatic N) is 1. The van der Waals surface area contributed by atoms with E-state index >= 15 is 0 Å². The molecule has 7 nitrogen and oxygen atoms in total. The van der Waals surface area contributed by atoms with Gasteiger partial charge in [0.2, 0.25) is 5.75 Å². The molecule has 0 N–H and O–H groups in total. The maximum atomic E-state index is 13.0. The first-order valence-corrected chi connectivity index (χ1v) is 11.2. The molecule has 1 aromatic carbocycles. The van der Waals surface area contributed by atoms with Gasteiger partial charge in [0.25, 0.3) is 0 Å². The molecule has 1 heterocycles. The van der Waals surface area contributed by atoms with Crippen molar-refractivity contribution in [2.75, 3.05) is 7.11 Å². The number of methoxy groups -OCH3 is 1. The lowest BCUT2D eigenvalue weighted by Gasteiger charge is -2.23. The highest BCUT2D eigenvalue weighted by atomic mass is 16.6. The van der Waals surface area contributed by atoms with Gasteiger partial charge in [-0.05, 0) is 31.4 Å². The Bertz CT molecular complexity index is 986. The lowest BCUT2D eigenvalue weighted by atomic mass is 9.92. The first kappa shape index (κ1) is 26.0. The lowest BCUT2D eigenvalue weighted by molar-refractivity contribution is -0.153. The van der Waals surface area contributed by atoms with Crippen molar-refractivity contribution in [2.24, 2.45) is 5.92 Å². The highest BCUT2D eigenvalue weighted by molar-refractivity contribution is 6.00. The van der Waals surface area contributed by atoms with Gasteiger partial charge < -0.3 is 14.2 Å². The minimum absolute atomic E-state index is 0.00248. The average molecular weight is 456 g/mol. The zero-order chi connectivity index (χ0) is 24.5. The van der Waals surface area contributed by atoms with Crippen LogP contribution in [0.4, 0.5) is 0 Å². The van der Waals surface area contributed by atoms with E-state index in [1.54, 1.807) is 6.92 Å². The molecule has 0 aliphatic rings. The van der Waals surface area contributed by atoms with E-state index in [9.17, 15) is 14.4 Å². The highest BCUT2D eigenvalue weighted by Crippen LogP contribution is 2.32. The molecule has 2 aromatic rings. The van der Waals surface area contributed by atoms with Crippen LogP contribution < -0.4 is 9.47 Å². The van der Waals surface area contributed by atoms with E-state index in [0.717, 1.165) is 11.1 Å². The Kier molecular flexibility index (Phi) is 9.57. The monoisotopic (exact) mass is 455 g/mol. The molecular formula is C26H33NO6. The Morgan fingerprint density at radius 3 is 2.39 bits per heavy atom. The minimum atomic E-state index is -0.698. The Hall–Kier alpha value is -3.22. The van der Waals surface area contributed by atoms with Crippen molar-refractivity contribution in [3.8, 4) is 11.5 Å². The van der Waals surface area contributed by atoms with Gasteiger partial charge in [0.05, 0.1) is 13.0 Å². The Morgan fingerprint density at radius 1 is 1.06 bits per heavy atom. The number of aromatic nitrogens is 1. The number of hydrogen-bond donors (Lipinski definition) is 0. The molecule has 1 aromatic heterocycles. The number of Topliss-reactive ketones (excluding diaryl/α,β-unsaturated/α-hetero) is 1. The number of rotatable bonds is 11. The van der Waals surface area contributed by atoms with Crippen molar-refractivity contribution in [1.29, 1.82) is 0 Å². The molecular weight excluding hydrogens is 422 g/mol. The first-order chi connectivity index (χ1) is 15.7. The largest absolute Gasteiger partial charge is 0.493 e. The summed E-state index contributed by atoms with van der Waals surface area (Å²) < 4.78 is 16.3. The van der Waals surface area contributed by atoms with Crippen LogP contribution in [0, 0.1) is 12.8 Å². The molecule has 0 aliphatic carbocycles. The number of pyridine rings is 1. The van der Waals surface area contributed by atoms with E-state index in [2.05, 4.69) is 4.98 Å². The maximum absolute atomic E-state index is 13.0. The van der Waals surface area contributed by atoms with Crippen LogP contribution >= 0.6 is 0 Å². The van der Waals surface area contributed by atoms with Crippen LogP contribution in [0.3, 0.4) is 0 Å². The van der Waals surface area contributed by atoms with Crippen molar-refractivity contribution < 1.29 is 28.6 Å². The Balaban J connectivity index is 2.09. The predicted molar refractivity (Wildman–Crippen MR) is 125 cm³/mol. The average Bonchev–Trinajstić information content (AvgIpc) is 2.78. The highest BCUT2D eigenvalue weighted by Gasteiger charge is 2.28. The second-order valence-corrected chi connectivity index (χ2v) is 8.23. The molecule has 7 heteroatoms. The minimum Gasteiger partial charge on any atom is -0.493 e. The summed E-state index contributed by atoms with van der Waals surface area (Å²) in [4.78, 5) is 41.8. The quantitative estimate of drug-likeness (QED) is 0.346. The van der Waals surface area contributed by atoms with Crippen LogP contribution in [0.5, 0.6) is 11.5 Å². The van der Waals surface area contributed by atoms with Crippen LogP contribution in [0.15, 0.2) is 36.5 Å². The number of benzene rings is 1. The smallest absolute Gasteiger partial charge is 0.311 e. The van der Waals surface area contributed by atoms with Gasteiger partial charge in [-0.15, -0.1) is 0 Å². The number of aryl methyl sites for hydroxylation is 1.